The Hall–Kier alpha value is -2.61. The van der Waals surface area contributed by atoms with Crippen molar-refractivity contribution >= 4 is 28.9 Å². The number of likely N-dealkylation sites (tertiary alicyclic amines) is 1. The van der Waals surface area contributed by atoms with Gasteiger partial charge in [0.1, 0.15) is 10.7 Å². The lowest BCUT2D eigenvalue weighted by atomic mass is 9.84. The van der Waals surface area contributed by atoms with E-state index in [0.29, 0.717) is 30.2 Å². The van der Waals surface area contributed by atoms with Gasteiger partial charge in [-0.15, -0.1) is 11.3 Å². The van der Waals surface area contributed by atoms with E-state index in [4.69, 9.17) is 0 Å². The van der Waals surface area contributed by atoms with Gasteiger partial charge in [0.05, 0.1) is 6.04 Å². The number of thiazole rings is 1. The fraction of sp³-hybridized carbons (Fsp3) is 0.476. The van der Waals surface area contributed by atoms with Crippen molar-refractivity contribution in [2.75, 3.05) is 6.54 Å². The monoisotopic (exact) mass is 414 g/mol. The molecule has 1 saturated heterocycles. The van der Waals surface area contributed by atoms with Crippen molar-refractivity contribution in [3.8, 4) is 0 Å². The van der Waals surface area contributed by atoms with Crippen LogP contribution in [0.25, 0.3) is 0 Å². The number of carbonyl (C=O) groups excluding carboxylic acids is 3. The Morgan fingerprint density at radius 1 is 1.34 bits per heavy atom. The smallest absolute Gasteiger partial charge is 0.291 e. The molecule has 29 heavy (non-hydrogen) atoms. The molecule has 0 aromatic carbocycles. The summed E-state index contributed by atoms with van der Waals surface area (Å²) in [6, 6.07) is 3.45. The molecule has 0 unspecified atom stereocenters. The molecule has 7 nitrogen and oxygen atoms in total. The Balaban J connectivity index is 1.68. The number of aromatic nitrogens is 2. The number of Topliss-reactive ketones (excluding diaryl/α,β-unsaturated/α-hetero) is 1. The van der Waals surface area contributed by atoms with Gasteiger partial charge in [-0.05, 0) is 30.9 Å². The largest absolute Gasteiger partial charge is 0.347 e. The number of nitrogens with one attached hydrogen (secondary N) is 1. The minimum absolute atomic E-state index is 0.246. The van der Waals surface area contributed by atoms with E-state index < -0.39 is 11.3 Å². The van der Waals surface area contributed by atoms with Crippen LogP contribution in [0.2, 0.25) is 0 Å². The van der Waals surface area contributed by atoms with Crippen molar-refractivity contribution < 1.29 is 14.4 Å². The molecule has 0 bridgehead atoms. The highest BCUT2D eigenvalue weighted by atomic mass is 32.1. The van der Waals surface area contributed by atoms with Gasteiger partial charge in [0, 0.05) is 36.3 Å². The molecule has 2 aromatic heterocycles. The van der Waals surface area contributed by atoms with Crippen LogP contribution in [0.4, 0.5) is 0 Å². The predicted octanol–water partition coefficient (Wildman–Crippen LogP) is 3.14. The normalized spacial score (nSPS) is 16.7. The molecule has 0 radical (unpaired) electrons. The quantitative estimate of drug-likeness (QED) is 0.703. The van der Waals surface area contributed by atoms with Gasteiger partial charge < -0.3 is 10.2 Å². The first-order valence-electron chi connectivity index (χ1n) is 9.81. The summed E-state index contributed by atoms with van der Waals surface area (Å²) in [5.41, 5.74) is 0.555. The van der Waals surface area contributed by atoms with Crippen LogP contribution in [0.3, 0.4) is 0 Å². The zero-order valence-corrected chi connectivity index (χ0v) is 17.8. The highest BCUT2D eigenvalue weighted by molar-refractivity contribution is 7.09. The molecule has 0 aliphatic carbocycles. The maximum absolute atomic E-state index is 12.8. The molecule has 1 fully saturated rings. The molecule has 1 aliphatic rings. The van der Waals surface area contributed by atoms with Crippen molar-refractivity contribution in [3.63, 3.8) is 0 Å². The Morgan fingerprint density at radius 3 is 2.83 bits per heavy atom. The van der Waals surface area contributed by atoms with Gasteiger partial charge in [-0.3, -0.25) is 19.4 Å². The third-order valence-electron chi connectivity index (χ3n) is 5.42. The SMILES string of the molecule is CCC(C)(C)C(=O)C(=O)N1CCC[C@H]1c1nc(C(=O)NCc2cccnc2)cs1. The van der Waals surface area contributed by atoms with Gasteiger partial charge in [-0.2, -0.15) is 0 Å². The van der Waals surface area contributed by atoms with E-state index in [1.54, 1.807) is 36.5 Å². The lowest BCUT2D eigenvalue weighted by Crippen LogP contribution is -2.42. The zero-order chi connectivity index (χ0) is 21.0. The average Bonchev–Trinajstić information content (AvgIpc) is 3.41. The second-order valence-corrected chi connectivity index (χ2v) is 8.73. The Morgan fingerprint density at radius 2 is 2.14 bits per heavy atom. The summed E-state index contributed by atoms with van der Waals surface area (Å²) in [5, 5.41) is 5.23. The summed E-state index contributed by atoms with van der Waals surface area (Å²) in [5.74, 6) is -1.08. The van der Waals surface area contributed by atoms with Crippen LogP contribution in [-0.4, -0.2) is 39.0 Å². The second-order valence-electron chi connectivity index (χ2n) is 7.84. The number of ketones is 1. The molecule has 8 heteroatoms. The lowest BCUT2D eigenvalue weighted by Gasteiger charge is -2.27. The summed E-state index contributed by atoms with van der Waals surface area (Å²) < 4.78 is 0. The van der Waals surface area contributed by atoms with Crippen LogP contribution in [0.5, 0.6) is 0 Å². The number of amides is 2. The van der Waals surface area contributed by atoms with E-state index in [-0.39, 0.29) is 17.7 Å². The fourth-order valence-corrected chi connectivity index (χ4v) is 4.11. The van der Waals surface area contributed by atoms with Crippen molar-refractivity contribution in [1.29, 1.82) is 0 Å². The van der Waals surface area contributed by atoms with Crippen LogP contribution in [-0.2, 0) is 16.1 Å². The van der Waals surface area contributed by atoms with Crippen molar-refractivity contribution in [2.24, 2.45) is 5.41 Å². The lowest BCUT2D eigenvalue weighted by molar-refractivity contribution is -0.149. The van der Waals surface area contributed by atoms with Crippen LogP contribution in [0.15, 0.2) is 29.9 Å². The number of hydrogen-bond donors (Lipinski definition) is 1. The van der Waals surface area contributed by atoms with Gasteiger partial charge in [0.15, 0.2) is 0 Å². The van der Waals surface area contributed by atoms with Crippen LogP contribution in [0, 0.1) is 5.41 Å². The Labute approximate surface area is 174 Å². The van der Waals surface area contributed by atoms with Gasteiger partial charge in [-0.25, -0.2) is 4.98 Å². The third kappa shape index (κ3) is 4.70. The minimum atomic E-state index is -0.676. The summed E-state index contributed by atoms with van der Waals surface area (Å²) in [4.78, 5) is 47.9. The fourth-order valence-electron chi connectivity index (χ4n) is 3.17. The van der Waals surface area contributed by atoms with Crippen molar-refractivity contribution in [3.05, 3.63) is 46.2 Å². The van der Waals surface area contributed by atoms with Crippen molar-refractivity contribution in [1.82, 2.24) is 20.2 Å². The molecule has 2 amide bonds. The van der Waals surface area contributed by atoms with Crippen LogP contribution >= 0.6 is 11.3 Å². The number of pyridine rings is 1. The maximum atomic E-state index is 12.8. The highest BCUT2D eigenvalue weighted by Gasteiger charge is 2.40. The van der Waals surface area contributed by atoms with E-state index in [2.05, 4.69) is 15.3 Å². The summed E-state index contributed by atoms with van der Waals surface area (Å²) in [6.45, 7) is 6.41. The average molecular weight is 415 g/mol. The van der Waals surface area contributed by atoms with Gasteiger partial charge in [0.2, 0.25) is 5.78 Å². The van der Waals surface area contributed by atoms with E-state index in [9.17, 15) is 14.4 Å². The molecular formula is C21H26N4O3S. The van der Waals surface area contributed by atoms with E-state index >= 15 is 0 Å². The minimum Gasteiger partial charge on any atom is -0.347 e. The number of carbonyl (C=O) groups is 3. The Kier molecular flexibility index (Phi) is 6.42. The first kappa shape index (κ1) is 21.1. The summed E-state index contributed by atoms with van der Waals surface area (Å²) >= 11 is 1.35. The molecule has 2 aromatic rings. The van der Waals surface area contributed by atoms with E-state index in [1.807, 2.05) is 19.1 Å². The highest BCUT2D eigenvalue weighted by Crippen LogP contribution is 2.35. The van der Waals surface area contributed by atoms with Crippen LogP contribution < -0.4 is 5.32 Å². The Bertz CT molecular complexity index is 894. The van der Waals surface area contributed by atoms with Crippen molar-refractivity contribution in [2.45, 2.75) is 52.6 Å². The predicted molar refractivity (Wildman–Crippen MR) is 110 cm³/mol. The standard InChI is InChI=1S/C21H26N4O3S/c1-4-21(2,3)17(26)20(28)25-10-6-8-16(25)19-24-15(13-29-19)18(27)23-12-14-7-5-9-22-11-14/h5,7,9,11,13,16H,4,6,8,10,12H2,1-3H3,(H,23,27)/t16-/m0/s1. The molecular weight excluding hydrogens is 388 g/mol. The maximum Gasteiger partial charge on any atom is 0.291 e. The van der Waals surface area contributed by atoms with Gasteiger partial charge >= 0.3 is 0 Å². The number of rotatable bonds is 7. The number of nitrogens with zero attached hydrogens (tertiary/aromatic N) is 3. The third-order valence-corrected chi connectivity index (χ3v) is 6.37. The van der Waals surface area contributed by atoms with E-state index in [1.165, 1.54) is 11.3 Å². The molecule has 3 heterocycles. The summed E-state index contributed by atoms with van der Waals surface area (Å²) in [7, 11) is 0. The molecule has 154 valence electrons. The molecule has 1 N–H and O–H groups in total. The number of hydrogen-bond acceptors (Lipinski definition) is 6. The molecule has 0 spiro atoms. The summed E-state index contributed by atoms with van der Waals surface area (Å²) in [6.07, 6.45) is 5.55. The second kappa shape index (κ2) is 8.82. The van der Waals surface area contributed by atoms with E-state index in [0.717, 1.165) is 18.4 Å². The zero-order valence-electron chi connectivity index (χ0n) is 17.0. The van der Waals surface area contributed by atoms with Crippen LogP contribution in [0.1, 0.15) is 67.1 Å². The van der Waals surface area contributed by atoms with Gasteiger partial charge in [0.25, 0.3) is 11.8 Å². The molecule has 3 rings (SSSR count). The molecule has 1 atom stereocenters. The first-order valence-corrected chi connectivity index (χ1v) is 10.7. The molecule has 0 saturated carbocycles. The molecule has 1 aliphatic heterocycles. The van der Waals surface area contributed by atoms with Gasteiger partial charge in [-0.1, -0.05) is 26.8 Å². The first-order chi connectivity index (χ1) is 13.8. The topological polar surface area (TPSA) is 92.3 Å².